The molecule has 1 aromatic carbocycles. The smallest absolute Gasteiger partial charge is 0.251 e. The lowest BCUT2D eigenvalue weighted by Crippen LogP contribution is -2.64. The van der Waals surface area contributed by atoms with Crippen molar-refractivity contribution < 1.29 is 24.2 Å². The summed E-state index contributed by atoms with van der Waals surface area (Å²) in [6, 6.07) is 4.83. The van der Waals surface area contributed by atoms with Gasteiger partial charge in [0.05, 0.1) is 13.2 Å². The number of carbonyl (C=O) groups is 3. The fourth-order valence-electron chi connectivity index (χ4n) is 3.26. The van der Waals surface area contributed by atoms with Crippen molar-refractivity contribution in [3.63, 3.8) is 0 Å². The fourth-order valence-corrected chi connectivity index (χ4v) is 3.26. The van der Waals surface area contributed by atoms with Crippen LogP contribution in [0.15, 0.2) is 24.3 Å². The van der Waals surface area contributed by atoms with Crippen LogP contribution in [0.3, 0.4) is 0 Å². The first kappa shape index (κ1) is 17.2. The molecule has 4 atom stereocenters. The summed E-state index contributed by atoms with van der Waals surface area (Å²) in [5, 5.41) is 15.1. The second-order valence-corrected chi connectivity index (χ2v) is 6.37. The molecule has 8 heteroatoms. The number of hydrogen-bond acceptors (Lipinski definition) is 5. The number of piperazine rings is 1. The van der Waals surface area contributed by atoms with Gasteiger partial charge in [0.2, 0.25) is 11.8 Å². The molecule has 25 heavy (non-hydrogen) atoms. The number of aliphatic hydroxyl groups is 1. The highest BCUT2D eigenvalue weighted by molar-refractivity contribution is 5.98. The second kappa shape index (κ2) is 6.72. The molecule has 0 spiro atoms. The Morgan fingerprint density at radius 2 is 2.04 bits per heavy atom. The van der Waals surface area contributed by atoms with Crippen molar-refractivity contribution in [3.8, 4) is 5.75 Å². The van der Waals surface area contributed by atoms with Crippen molar-refractivity contribution in [1.82, 2.24) is 15.5 Å². The van der Waals surface area contributed by atoms with Crippen LogP contribution in [0.2, 0.25) is 0 Å². The van der Waals surface area contributed by atoms with E-state index in [0.717, 1.165) is 0 Å². The van der Waals surface area contributed by atoms with E-state index >= 15 is 0 Å². The molecule has 3 amide bonds. The Morgan fingerprint density at radius 1 is 1.36 bits per heavy atom. The molecule has 1 aromatic rings. The lowest BCUT2D eigenvalue weighted by Gasteiger charge is -2.35. The van der Waals surface area contributed by atoms with Crippen LogP contribution in [0.25, 0.3) is 0 Å². The zero-order valence-electron chi connectivity index (χ0n) is 14.1. The largest absolute Gasteiger partial charge is 0.497 e. The van der Waals surface area contributed by atoms with Crippen LogP contribution in [0, 0.1) is 0 Å². The monoisotopic (exact) mass is 347 g/mol. The van der Waals surface area contributed by atoms with E-state index in [1.165, 1.54) is 11.8 Å². The maximum atomic E-state index is 12.4. The zero-order valence-corrected chi connectivity index (χ0v) is 14.1. The second-order valence-electron chi connectivity index (χ2n) is 6.37. The van der Waals surface area contributed by atoms with Crippen molar-refractivity contribution >= 4 is 17.7 Å². The average Bonchev–Trinajstić information content (AvgIpc) is 3.02. The van der Waals surface area contributed by atoms with E-state index in [9.17, 15) is 19.5 Å². The van der Waals surface area contributed by atoms with Crippen LogP contribution >= 0.6 is 0 Å². The Bertz CT molecular complexity index is 688. The van der Waals surface area contributed by atoms with Crippen LogP contribution in [0.5, 0.6) is 5.75 Å². The van der Waals surface area contributed by atoms with Gasteiger partial charge in [-0.25, -0.2) is 0 Å². The van der Waals surface area contributed by atoms with Gasteiger partial charge in [-0.1, -0.05) is 0 Å². The van der Waals surface area contributed by atoms with Gasteiger partial charge in [-0.3, -0.25) is 14.4 Å². The molecule has 0 aromatic heterocycles. The van der Waals surface area contributed by atoms with Crippen molar-refractivity contribution in [2.24, 2.45) is 0 Å². The molecule has 0 aliphatic carbocycles. The highest BCUT2D eigenvalue weighted by Crippen LogP contribution is 2.24. The van der Waals surface area contributed by atoms with Gasteiger partial charge in [-0.2, -0.15) is 0 Å². The molecule has 2 saturated heterocycles. The molecular formula is C17H21N3O5. The van der Waals surface area contributed by atoms with Crippen LogP contribution in [-0.4, -0.2) is 65.6 Å². The molecule has 2 aliphatic heterocycles. The first-order valence-corrected chi connectivity index (χ1v) is 8.14. The minimum atomic E-state index is -0.967. The van der Waals surface area contributed by atoms with E-state index < -0.39 is 18.2 Å². The lowest BCUT2D eigenvalue weighted by molar-refractivity contribution is -0.149. The predicted octanol–water partition coefficient (Wildman–Crippen LogP) is -0.726. The van der Waals surface area contributed by atoms with E-state index in [1.54, 1.807) is 31.4 Å². The molecule has 0 saturated carbocycles. The molecule has 2 aliphatic rings. The van der Waals surface area contributed by atoms with Gasteiger partial charge < -0.3 is 25.4 Å². The summed E-state index contributed by atoms with van der Waals surface area (Å²) in [5.41, 5.74) is 0.475. The average molecular weight is 347 g/mol. The Labute approximate surface area is 145 Å². The topological polar surface area (TPSA) is 108 Å². The molecular weight excluding hydrogens is 326 g/mol. The quantitative estimate of drug-likeness (QED) is 0.666. The maximum Gasteiger partial charge on any atom is 0.251 e. The molecule has 2 heterocycles. The highest BCUT2D eigenvalue weighted by atomic mass is 16.5. The van der Waals surface area contributed by atoms with Gasteiger partial charge in [-0.15, -0.1) is 0 Å². The number of aliphatic hydroxyl groups excluding tert-OH is 1. The molecule has 0 unspecified atom stereocenters. The Hall–Kier alpha value is -2.61. The van der Waals surface area contributed by atoms with Crippen molar-refractivity contribution in [1.29, 1.82) is 0 Å². The number of ether oxygens (including phenoxy) is 1. The highest BCUT2D eigenvalue weighted by Gasteiger charge is 2.47. The van der Waals surface area contributed by atoms with Crippen molar-refractivity contribution in [2.45, 2.75) is 37.6 Å². The molecule has 2 fully saturated rings. The summed E-state index contributed by atoms with van der Waals surface area (Å²) in [6.07, 6.45) is -0.614. The SMILES string of the molecule is COc1ccc(C(=O)N[C@H]2C[C@H]3C(=O)N[C@H]([C@H](C)O)C(=O)N3C2)cc1. The first-order valence-electron chi connectivity index (χ1n) is 8.14. The number of fused-ring (bicyclic) bond motifs is 1. The number of nitrogens with zero attached hydrogens (tertiary/aromatic N) is 1. The van der Waals surface area contributed by atoms with Gasteiger partial charge in [0.25, 0.3) is 5.91 Å². The van der Waals surface area contributed by atoms with Gasteiger partial charge in [0, 0.05) is 18.2 Å². The third-order valence-corrected chi connectivity index (χ3v) is 4.62. The van der Waals surface area contributed by atoms with Gasteiger partial charge in [0.15, 0.2) is 0 Å². The summed E-state index contributed by atoms with van der Waals surface area (Å²) in [4.78, 5) is 38.3. The molecule has 0 bridgehead atoms. The summed E-state index contributed by atoms with van der Waals surface area (Å²) in [5.74, 6) is -0.235. The number of methoxy groups -OCH3 is 1. The summed E-state index contributed by atoms with van der Waals surface area (Å²) >= 11 is 0. The third kappa shape index (κ3) is 3.30. The minimum absolute atomic E-state index is 0.252. The number of carbonyl (C=O) groups excluding carboxylic acids is 3. The van der Waals surface area contributed by atoms with Crippen LogP contribution in [0.4, 0.5) is 0 Å². The van der Waals surface area contributed by atoms with Crippen LogP contribution in [-0.2, 0) is 9.59 Å². The van der Waals surface area contributed by atoms with Crippen molar-refractivity contribution in [3.05, 3.63) is 29.8 Å². The van der Waals surface area contributed by atoms with E-state index in [1.807, 2.05) is 0 Å². The minimum Gasteiger partial charge on any atom is -0.497 e. The number of nitrogens with one attached hydrogen (secondary N) is 2. The first-order chi connectivity index (χ1) is 11.9. The Kier molecular flexibility index (Phi) is 4.63. The predicted molar refractivity (Wildman–Crippen MR) is 88.0 cm³/mol. The normalized spacial score (nSPS) is 26.7. The number of rotatable bonds is 4. The number of hydrogen-bond donors (Lipinski definition) is 3. The van der Waals surface area contributed by atoms with E-state index in [4.69, 9.17) is 4.74 Å². The lowest BCUT2D eigenvalue weighted by atomic mass is 10.0. The molecule has 3 N–H and O–H groups in total. The summed E-state index contributed by atoms with van der Waals surface area (Å²) in [7, 11) is 1.55. The van der Waals surface area contributed by atoms with Gasteiger partial charge in [0.1, 0.15) is 17.8 Å². The number of benzene rings is 1. The fraction of sp³-hybridized carbons (Fsp3) is 0.471. The van der Waals surface area contributed by atoms with E-state index in [2.05, 4.69) is 10.6 Å². The number of amides is 3. The standard InChI is InChI=1S/C17H21N3O5/c1-9(21)14-17(24)20-8-11(7-13(20)16(23)19-14)18-15(22)10-3-5-12(25-2)6-4-10/h3-6,9,11,13-14,21H,7-8H2,1-2H3,(H,18,22)(H,19,23)/t9-,11-,13-,14+/m0/s1. The van der Waals surface area contributed by atoms with Crippen LogP contribution in [0.1, 0.15) is 23.7 Å². The molecule has 134 valence electrons. The zero-order chi connectivity index (χ0) is 18.1. The third-order valence-electron chi connectivity index (χ3n) is 4.62. The summed E-state index contributed by atoms with van der Waals surface area (Å²) in [6.45, 7) is 1.71. The Morgan fingerprint density at radius 3 is 2.64 bits per heavy atom. The van der Waals surface area contributed by atoms with Gasteiger partial charge in [-0.05, 0) is 37.6 Å². The Balaban J connectivity index is 1.66. The molecule has 3 rings (SSSR count). The van der Waals surface area contributed by atoms with E-state index in [-0.39, 0.29) is 30.3 Å². The van der Waals surface area contributed by atoms with Gasteiger partial charge >= 0.3 is 0 Å². The van der Waals surface area contributed by atoms with Crippen LogP contribution < -0.4 is 15.4 Å². The van der Waals surface area contributed by atoms with E-state index in [0.29, 0.717) is 17.7 Å². The summed E-state index contributed by atoms with van der Waals surface area (Å²) < 4.78 is 5.06. The molecule has 0 radical (unpaired) electrons. The van der Waals surface area contributed by atoms with Crippen molar-refractivity contribution in [2.75, 3.05) is 13.7 Å². The molecule has 8 nitrogen and oxygen atoms in total. The maximum absolute atomic E-state index is 12.4.